The van der Waals surface area contributed by atoms with E-state index in [0.29, 0.717) is 12.5 Å². The number of carboxylic acid groups (broad SMARTS) is 1. The maximum Gasteiger partial charge on any atom is 0.320 e. The van der Waals surface area contributed by atoms with Gasteiger partial charge in [-0.05, 0) is 13.3 Å². The second-order valence-corrected chi connectivity index (χ2v) is 4.96. The molecule has 2 unspecified atom stereocenters. The van der Waals surface area contributed by atoms with E-state index in [9.17, 15) is 4.79 Å². The van der Waals surface area contributed by atoms with Gasteiger partial charge in [-0.15, -0.1) is 0 Å². The van der Waals surface area contributed by atoms with Gasteiger partial charge in [-0.1, -0.05) is 13.8 Å². The van der Waals surface area contributed by atoms with Gasteiger partial charge in [-0.25, -0.2) is 0 Å². The van der Waals surface area contributed by atoms with Crippen molar-refractivity contribution in [2.45, 2.75) is 45.3 Å². The van der Waals surface area contributed by atoms with E-state index in [0.717, 1.165) is 26.3 Å². The van der Waals surface area contributed by atoms with Gasteiger partial charge in [0.1, 0.15) is 6.04 Å². The Kier molecular flexibility index (Phi) is 5.88. The minimum Gasteiger partial charge on any atom is -0.480 e. The zero-order valence-electron chi connectivity index (χ0n) is 11.0. The summed E-state index contributed by atoms with van der Waals surface area (Å²) in [4.78, 5) is 13.4. The van der Waals surface area contributed by atoms with Crippen LogP contribution < -0.4 is 5.32 Å². The van der Waals surface area contributed by atoms with Gasteiger partial charge in [0, 0.05) is 25.2 Å². The van der Waals surface area contributed by atoms with Crippen molar-refractivity contribution in [3.8, 4) is 0 Å². The van der Waals surface area contributed by atoms with Crippen LogP contribution in [0.2, 0.25) is 0 Å². The Morgan fingerprint density at radius 3 is 2.82 bits per heavy atom. The molecular formula is C12H24N2O3. The molecule has 1 rings (SSSR count). The van der Waals surface area contributed by atoms with Crippen LogP contribution in [0.5, 0.6) is 0 Å². The van der Waals surface area contributed by atoms with Crippen molar-refractivity contribution in [3.63, 3.8) is 0 Å². The number of nitrogens with zero attached hydrogens (tertiary/aromatic N) is 1. The molecule has 0 aliphatic carbocycles. The highest BCUT2D eigenvalue weighted by molar-refractivity contribution is 5.73. The molecule has 1 saturated heterocycles. The lowest BCUT2D eigenvalue weighted by Crippen LogP contribution is -2.47. The Morgan fingerprint density at radius 2 is 2.29 bits per heavy atom. The van der Waals surface area contributed by atoms with Gasteiger partial charge in [0.25, 0.3) is 0 Å². The lowest BCUT2D eigenvalue weighted by Gasteiger charge is -2.34. The fraction of sp³-hybridized carbons (Fsp3) is 0.917. The van der Waals surface area contributed by atoms with Gasteiger partial charge in [-0.3, -0.25) is 9.69 Å². The Labute approximate surface area is 103 Å². The topological polar surface area (TPSA) is 61.8 Å². The Hall–Kier alpha value is -0.650. The molecule has 0 amide bonds. The van der Waals surface area contributed by atoms with E-state index < -0.39 is 12.0 Å². The van der Waals surface area contributed by atoms with Crippen LogP contribution in [0.4, 0.5) is 0 Å². The quantitative estimate of drug-likeness (QED) is 0.714. The summed E-state index contributed by atoms with van der Waals surface area (Å²) in [5.41, 5.74) is 0. The maximum atomic E-state index is 11.1. The third-order valence-corrected chi connectivity index (χ3v) is 3.04. The zero-order chi connectivity index (χ0) is 12.8. The lowest BCUT2D eigenvalue weighted by molar-refractivity contribution is -0.140. The summed E-state index contributed by atoms with van der Waals surface area (Å²) < 4.78 is 5.36. The molecule has 17 heavy (non-hydrogen) atoms. The van der Waals surface area contributed by atoms with E-state index >= 15 is 0 Å². The first-order valence-corrected chi connectivity index (χ1v) is 6.31. The average molecular weight is 244 g/mol. The lowest BCUT2D eigenvalue weighted by atomic mass is 10.1. The number of ether oxygens (including phenoxy) is 1. The second kappa shape index (κ2) is 6.93. The summed E-state index contributed by atoms with van der Waals surface area (Å²) >= 11 is 0. The first-order chi connectivity index (χ1) is 8.00. The van der Waals surface area contributed by atoms with Gasteiger partial charge in [0.15, 0.2) is 0 Å². The molecule has 100 valence electrons. The van der Waals surface area contributed by atoms with Crippen molar-refractivity contribution in [3.05, 3.63) is 0 Å². The summed E-state index contributed by atoms with van der Waals surface area (Å²) in [7, 11) is 0. The van der Waals surface area contributed by atoms with E-state index in [1.165, 1.54) is 0 Å². The average Bonchev–Trinajstić information content (AvgIpc) is 2.25. The number of rotatable bonds is 6. The van der Waals surface area contributed by atoms with Crippen LogP contribution in [0.1, 0.15) is 27.2 Å². The normalized spacial score (nSPS) is 23.9. The number of carbonyl (C=O) groups is 1. The zero-order valence-corrected chi connectivity index (χ0v) is 11.0. The van der Waals surface area contributed by atoms with Crippen molar-refractivity contribution in [2.24, 2.45) is 0 Å². The smallest absolute Gasteiger partial charge is 0.320 e. The maximum absolute atomic E-state index is 11.1. The fourth-order valence-electron chi connectivity index (χ4n) is 2.07. The van der Waals surface area contributed by atoms with E-state index in [4.69, 9.17) is 9.84 Å². The van der Waals surface area contributed by atoms with Crippen molar-refractivity contribution < 1.29 is 14.6 Å². The van der Waals surface area contributed by atoms with Gasteiger partial charge in [0.2, 0.25) is 0 Å². The van der Waals surface area contributed by atoms with Gasteiger partial charge in [-0.2, -0.15) is 0 Å². The molecular weight excluding hydrogens is 220 g/mol. The van der Waals surface area contributed by atoms with E-state index in [2.05, 4.69) is 17.1 Å². The predicted octanol–water partition coefficient (Wildman–Crippen LogP) is 0.548. The van der Waals surface area contributed by atoms with E-state index in [-0.39, 0.29) is 6.04 Å². The molecule has 1 aliphatic rings. The van der Waals surface area contributed by atoms with Gasteiger partial charge >= 0.3 is 5.97 Å². The van der Waals surface area contributed by atoms with Crippen molar-refractivity contribution >= 4 is 5.97 Å². The van der Waals surface area contributed by atoms with Crippen molar-refractivity contribution in [1.29, 1.82) is 0 Å². The summed E-state index contributed by atoms with van der Waals surface area (Å²) in [5, 5.41) is 12.2. The highest BCUT2D eigenvalue weighted by atomic mass is 16.5. The summed E-state index contributed by atoms with van der Waals surface area (Å²) in [5.74, 6) is -0.764. The number of morpholine rings is 1. The largest absolute Gasteiger partial charge is 0.480 e. The fourth-order valence-corrected chi connectivity index (χ4v) is 2.07. The number of aliphatic carboxylic acids is 1. The van der Waals surface area contributed by atoms with Crippen LogP contribution in [0.15, 0.2) is 0 Å². The molecule has 0 radical (unpaired) electrons. The first-order valence-electron chi connectivity index (χ1n) is 6.31. The van der Waals surface area contributed by atoms with Crippen LogP contribution in [-0.4, -0.2) is 60.4 Å². The molecule has 0 bridgehead atoms. The number of nitrogens with one attached hydrogen (secondary N) is 1. The Morgan fingerprint density at radius 1 is 1.59 bits per heavy atom. The highest BCUT2D eigenvalue weighted by Gasteiger charge is 2.23. The van der Waals surface area contributed by atoms with Crippen LogP contribution >= 0.6 is 0 Å². The molecule has 0 saturated carbocycles. The second-order valence-electron chi connectivity index (χ2n) is 4.96. The Balaban J connectivity index is 2.37. The Bertz CT molecular complexity index is 246. The monoisotopic (exact) mass is 244 g/mol. The number of carboxylic acids is 1. The minimum absolute atomic E-state index is 0.193. The molecule has 0 aromatic heterocycles. The van der Waals surface area contributed by atoms with Gasteiger partial charge < -0.3 is 15.2 Å². The standard InChI is InChI=1S/C12H24N2O3/c1-9(2)13-11(12(15)16)4-5-14-6-7-17-8-10(14)3/h9-11,13H,4-8H2,1-3H3,(H,15,16). The molecule has 1 aliphatic heterocycles. The predicted molar refractivity (Wildman–Crippen MR) is 66.2 cm³/mol. The molecule has 0 spiro atoms. The first kappa shape index (κ1) is 14.4. The third kappa shape index (κ3) is 5.02. The minimum atomic E-state index is -0.764. The van der Waals surface area contributed by atoms with Crippen molar-refractivity contribution in [2.75, 3.05) is 26.3 Å². The van der Waals surface area contributed by atoms with Crippen LogP contribution in [0, 0.1) is 0 Å². The molecule has 2 N–H and O–H groups in total. The summed E-state index contributed by atoms with van der Waals surface area (Å²) in [6.45, 7) is 9.25. The van der Waals surface area contributed by atoms with Crippen LogP contribution in [0.25, 0.3) is 0 Å². The molecule has 5 heteroatoms. The molecule has 1 fully saturated rings. The summed E-state index contributed by atoms with van der Waals surface area (Å²) in [6, 6.07) is 0.125. The molecule has 5 nitrogen and oxygen atoms in total. The highest BCUT2D eigenvalue weighted by Crippen LogP contribution is 2.08. The van der Waals surface area contributed by atoms with Crippen LogP contribution in [-0.2, 0) is 9.53 Å². The molecule has 0 aromatic carbocycles. The van der Waals surface area contributed by atoms with Gasteiger partial charge in [0.05, 0.1) is 13.2 Å². The van der Waals surface area contributed by atoms with Crippen LogP contribution in [0.3, 0.4) is 0 Å². The number of hydrogen-bond donors (Lipinski definition) is 2. The molecule has 2 atom stereocenters. The summed E-state index contributed by atoms with van der Waals surface area (Å²) in [6.07, 6.45) is 0.637. The van der Waals surface area contributed by atoms with Crippen molar-refractivity contribution in [1.82, 2.24) is 10.2 Å². The SMILES string of the molecule is CC(C)NC(CCN1CCOCC1C)C(=O)O. The molecule has 1 heterocycles. The van der Waals surface area contributed by atoms with E-state index in [1.54, 1.807) is 0 Å². The van der Waals surface area contributed by atoms with E-state index in [1.807, 2.05) is 13.8 Å². The molecule has 0 aromatic rings. The third-order valence-electron chi connectivity index (χ3n) is 3.04. The number of hydrogen-bond acceptors (Lipinski definition) is 4.